The van der Waals surface area contributed by atoms with Gasteiger partial charge in [0.25, 0.3) is 5.69 Å². The molecule has 0 aliphatic carbocycles. The number of non-ortho nitro benzene ring substituents is 1. The minimum atomic E-state index is -0.959. The third-order valence-electron chi connectivity index (χ3n) is 3.15. The second kappa shape index (κ2) is 6.09. The van der Waals surface area contributed by atoms with Gasteiger partial charge in [0.05, 0.1) is 10.6 Å². The summed E-state index contributed by atoms with van der Waals surface area (Å²) in [6.45, 7) is 0. The molecule has 0 N–H and O–H groups in total. The zero-order valence-corrected chi connectivity index (χ0v) is 12.6. The van der Waals surface area contributed by atoms with Crippen molar-refractivity contribution in [1.29, 1.82) is 0 Å². The summed E-state index contributed by atoms with van der Waals surface area (Å²) >= 11 is 5.86. The van der Waals surface area contributed by atoms with Crippen molar-refractivity contribution in [3.8, 4) is 17.1 Å². The van der Waals surface area contributed by atoms with Crippen molar-refractivity contribution in [1.82, 2.24) is 9.55 Å². The highest BCUT2D eigenvalue weighted by Gasteiger charge is 2.13. The summed E-state index contributed by atoms with van der Waals surface area (Å²) in [6, 6.07) is 11.2. The van der Waals surface area contributed by atoms with E-state index < -0.39 is 16.4 Å². The van der Waals surface area contributed by atoms with E-state index in [1.54, 1.807) is 18.2 Å². The van der Waals surface area contributed by atoms with Gasteiger partial charge in [0.2, 0.25) is 5.89 Å². The summed E-state index contributed by atoms with van der Waals surface area (Å²) in [6.07, 6.45) is 0. The first kappa shape index (κ1) is 15.6. The molecule has 0 atom stereocenters. The molecule has 3 aromatic rings. The third kappa shape index (κ3) is 2.95. The van der Waals surface area contributed by atoms with E-state index in [4.69, 9.17) is 16.0 Å². The molecule has 120 valence electrons. The lowest BCUT2D eigenvalue weighted by Crippen LogP contribution is -2.33. The second-order valence-electron chi connectivity index (χ2n) is 4.69. The molecular formula is C15H8ClN3O5. The van der Waals surface area contributed by atoms with Gasteiger partial charge in [0, 0.05) is 22.7 Å². The summed E-state index contributed by atoms with van der Waals surface area (Å²) in [4.78, 5) is 38.1. The van der Waals surface area contributed by atoms with Gasteiger partial charge >= 0.3 is 11.4 Å². The Kier molecular flexibility index (Phi) is 3.97. The molecule has 0 fully saturated rings. The molecule has 2 aromatic carbocycles. The first-order chi connectivity index (χ1) is 11.5. The topological polar surface area (TPSA) is 108 Å². The number of benzene rings is 2. The Morgan fingerprint density at radius 3 is 2.42 bits per heavy atom. The molecule has 24 heavy (non-hydrogen) atoms. The van der Waals surface area contributed by atoms with Crippen LogP contribution in [0.2, 0.25) is 5.02 Å². The van der Waals surface area contributed by atoms with Gasteiger partial charge in [0.1, 0.15) is 0 Å². The molecule has 0 aliphatic rings. The van der Waals surface area contributed by atoms with E-state index in [0.717, 1.165) is 0 Å². The van der Waals surface area contributed by atoms with E-state index in [-0.39, 0.29) is 17.3 Å². The fraction of sp³-hybridized carbons (Fsp3) is 0. The van der Waals surface area contributed by atoms with Crippen molar-refractivity contribution in [2.75, 3.05) is 0 Å². The Morgan fingerprint density at radius 1 is 1.12 bits per heavy atom. The van der Waals surface area contributed by atoms with E-state index in [9.17, 15) is 19.7 Å². The Morgan fingerprint density at radius 2 is 1.83 bits per heavy atom. The van der Waals surface area contributed by atoms with Gasteiger partial charge in [-0.1, -0.05) is 17.7 Å². The SMILES string of the molecule is O=c1nc(-c2cccc(Cl)c2)oc(=O)n1-c1ccc([N+](=O)[O-])cc1. The van der Waals surface area contributed by atoms with Crippen LogP contribution in [0.4, 0.5) is 5.69 Å². The molecule has 9 heteroatoms. The Labute approximate surface area is 138 Å². The number of aromatic nitrogens is 2. The van der Waals surface area contributed by atoms with Crippen LogP contribution in [0.3, 0.4) is 0 Å². The lowest BCUT2D eigenvalue weighted by molar-refractivity contribution is -0.384. The second-order valence-corrected chi connectivity index (χ2v) is 5.12. The normalized spacial score (nSPS) is 10.5. The Balaban J connectivity index is 2.10. The minimum Gasteiger partial charge on any atom is -0.390 e. The maximum atomic E-state index is 12.2. The van der Waals surface area contributed by atoms with E-state index >= 15 is 0 Å². The van der Waals surface area contributed by atoms with Crippen LogP contribution in [0, 0.1) is 10.1 Å². The van der Waals surface area contributed by atoms with Gasteiger partial charge in [-0.15, -0.1) is 0 Å². The van der Waals surface area contributed by atoms with Crippen molar-refractivity contribution < 1.29 is 9.34 Å². The number of nitro groups is 1. The van der Waals surface area contributed by atoms with Gasteiger partial charge in [-0.3, -0.25) is 10.1 Å². The lowest BCUT2D eigenvalue weighted by Gasteiger charge is -2.04. The molecule has 0 saturated heterocycles. The fourth-order valence-electron chi connectivity index (χ4n) is 2.05. The molecule has 0 spiro atoms. The number of rotatable bonds is 3. The molecule has 0 amide bonds. The molecule has 0 radical (unpaired) electrons. The summed E-state index contributed by atoms with van der Waals surface area (Å²) in [5.41, 5.74) is -0.535. The third-order valence-corrected chi connectivity index (χ3v) is 3.38. The maximum absolute atomic E-state index is 12.2. The maximum Gasteiger partial charge on any atom is 0.429 e. The molecule has 0 aliphatic heterocycles. The van der Waals surface area contributed by atoms with E-state index in [1.165, 1.54) is 30.3 Å². The van der Waals surface area contributed by atoms with Crippen LogP contribution < -0.4 is 11.4 Å². The van der Waals surface area contributed by atoms with Gasteiger partial charge in [0.15, 0.2) is 0 Å². The molecule has 0 unspecified atom stereocenters. The molecular weight excluding hydrogens is 338 g/mol. The van der Waals surface area contributed by atoms with Crippen LogP contribution >= 0.6 is 11.6 Å². The number of nitrogens with zero attached hydrogens (tertiary/aromatic N) is 3. The zero-order chi connectivity index (χ0) is 17.3. The molecule has 0 bridgehead atoms. The van der Waals surface area contributed by atoms with Crippen molar-refractivity contribution in [2.45, 2.75) is 0 Å². The largest absolute Gasteiger partial charge is 0.429 e. The highest BCUT2D eigenvalue weighted by Crippen LogP contribution is 2.19. The predicted octanol–water partition coefficient (Wildman–Crippen LogP) is 2.41. The van der Waals surface area contributed by atoms with Crippen molar-refractivity contribution in [2.24, 2.45) is 0 Å². The summed E-state index contributed by atoms with van der Waals surface area (Å²) in [5, 5.41) is 11.0. The summed E-state index contributed by atoms with van der Waals surface area (Å²) in [5.74, 6) is -1.12. The van der Waals surface area contributed by atoms with Gasteiger partial charge in [-0.2, -0.15) is 9.55 Å². The zero-order valence-electron chi connectivity index (χ0n) is 11.9. The van der Waals surface area contributed by atoms with Crippen LogP contribution in [-0.4, -0.2) is 14.5 Å². The highest BCUT2D eigenvalue weighted by molar-refractivity contribution is 6.30. The molecule has 1 heterocycles. The summed E-state index contributed by atoms with van der Waals surface area (Å²) < 4.78 is 5.74. The predicted molar refractivity (Wildman–Crippen MR) is 85.5 cm³/mol. The molecule has 1 aromatic heterocycles. The lowest BCUT2D eigenvalue weighted by atomic mass is 10.2. The quantitative estimate of drug-likeness (QED) is 0.532. The number of hydrogen-bond acceptors (Lipinski definition) is 6. The van der Waals surface area contributed by atoms with E-state index in [0.29, 0.717) is 15.2 Å². The standard InChI is InChI=1S/C15H8ClN3O5/c16-10-3-1-2-9(8-10)13-17-14(20)18(15(21)24-13)11-4-6-12(7-5-11)19(22)23/h1-8H. The minimum absolute atomic E-state index is 0.115. The van der Waals surface area contributed by atoms with Gasteiger partial charge in [-0.25, -0.2) is 9.59 Å². The van der Waals surface area contributed by atoms with Crippen molar-refractivity contribution in [3.05, 3.63) is 84.7 Å². The van der Waals surface area contributed by atoms with Crippen LogP contribution in [0.1, 0.15) is 0 Å². The average molecular weight is 346 g/mol. The molecule has 3 rings (SSSR count). The van der Waals surface area contributed by atoms with Crippen molar-refractivity contribution >= 4 is 17.3 Å². The van der Waals surface area contributed by atoms with Crippen molar-refractivity contribution in [3.63, 3.8) is 0 Å². The smallest absolute Gasteiger partial charge is 0.390 e. The fourth-order valence-corrected chi connectivity index (χ4v) is 2.24. The van der Waals surface area contributed by atoms with Crippen LogP contribution in [0.5, 0.6) is 0 Å². The van der Waals surface area contributed by atoms with Gasteiger partial charge in [-0.05, 0) is 30.3 Å². The Bertz CT molecular complexity index is 1010. The van der Waals surface area contributed by atoms with Crippen LogP contribution in [-0.2, 0) is 0 Å². The average Bonchev–Trinajstić information content (AvgIpc) is 2.54. The first-order valence-corrected chi connectivity index (χ1v) is 6.98. The number of nitro benzene ring substituents is 1. The number of halogens is 1. The highest BCUT2D eigenvalue weighted by atomic mass is 35.5. The van der Waals surface area contributed by atoms with Gasteiger partial charge < -0.3 is 4.42 Å². The molecule has 8 nitrogen and oxygen atoms in total. The monoisotopic (exact) mass is 345 g/mol. The van der Waals surface area contributed by atoms with E-state index in [1.807, 2.05) is 0 Å². The number of hydrogen-bond donors (Lipinski definition) is 0. The van der Waals surface area contributed by atoms with Crippen LogP contribution in [0.15, 0.2) is 62.5 Å². The van der Waals surface area contributed by atoms with Crippen LogP contribution in [0.25, 0.3) is 17.1 Å². The Hall–Kier alpha value is -3.26. The van der Waals surface area contributed by atoms with E-state index in [2.05, 4.69) is 4.98 Å². The summed E-state index contributed by atoms with van der Waals surface area (Å²) in [7, 11) is 0. The first-order valence-electron chi connectivity index (χ1n) is 6.61. The molecule has 0 saturated carbocycles.